The van der Waals surface area contributed by atoms with Crippen molar-refractivity contribution in [1.29, 1.82) is 0 Å². The van der Waals surface area contributed by atoms with E-state index in [0.29, 0.717) is 23.2 Å². The molecule has 2 amide bonds. The number of hydrogen-bond acceptors (Lipinski definition) is 11. The number of amides is 2. The molecule has 0 heterocycles. The fourth-order valence-corrected chi connectivity index (χ4v) is 6.27. The fourth-order valence-electron chi connectivity index (χ4n) is 4.76. The number of carbonyl (C=O) groups is 4. The van der Waals surface area contributed by atoms with Gasteiger partial charge < -0.3 is 15.5 Å². The number of para-hydroxylation sites is 1. The van der Waals surface area contributed by atoms with Crippen LogP contribution in [0.15, 0.2) is 116 Å². The van der Waals surface area contributed by atoms with Crippen LogP contribution < -0.4 is 15.4 Å². The molecule has 0 aliphatic heterocycles. The van der Waals surface area contributed by atoms with Gasteiger partial charge in [-0.2, -0.15) is 20.5 Å². The Morgan fingerprint density at radius 1 is 0.685 bits per heavy atom. The number of nitrogens with zero attached hydrogens (tertiary/aromatic N) is 5. The lowest BCUT2D eigenvalue weighted by molar-refractivity contribution is -0.127. The molecular formula is C37H38Cl2N8O6S. The van der Waals surface area contributed by atoms with Gasteiger partial charge in [0.05, 0.1) is 14.9 Å². The molecule has 3 N–H and O–H groups in total. The summed E-state index contributed by atoms with van der Waals surface area (Å²) in [5, 5.41) is 21.6. The Morgan fingerprint density at radius 2 is 1.15 bits per heavy atom. The van der Waals surface area contributed by atoms with Crippen LogP contribution in [-0.2, 0) is 29.2 Å². The Balaban J connectivity index is 1.40. The number of anilines is 2. The van der Waals surface area contributed by atoms with Gasteiger partial charge in [0, 0.05) is 17.9 Å². The van der Waals surface area contributed by atoms with Gasteiger partial charge in [0.2, 0.25) is 22.1 Å². The maximum Gasteiger partial charge on any atom is 0.258 e. The highest BCUT2D eigenvalue weighted by Gasteiger charge is 2.25. The first kappa shape index (κ1) is 41.6. The van der Waals surface area contributed by atoms with E-state index < -0.39 is 45.5 Å². The monoisotopic (exact) mass is 792 g/mol. The van der Waals surface area contributed by atoms with Gasteiger partial charge >= 0.3 is 0 Å². The Kier molecular flexibility index (Phi) is 14.8. The van der Waals surface area contributed by atoms with Crippen molar-refractivity contribution in [3.05, 3.63) is 101 Å². The summed E-state index contributed by atoms with van der Waals surface area (Å²) in [5.41, 5.74) is 2.48. The molecule has 2 atom stereocenters. The zero-order chi connectivity index (χ0) is 39.4. The van der Waals surface area contributed by atoms with Gasteiger partial charge in [-0.15, -0.1) is 0 Å². The van der Waals surface area contributed by atoms with Crippen molar-refractivity contribution < 1.29 is 27.6 Å². The quantitative estimate of drug-likeness (QED) is 0.0570. The summed E-state index contributed by atoms with van der Waals surface area (Å²) in [7, 11) is 0.0585. The van der Waals surface area contributed by atoms with Crippen LogP contribution in [0.1, 0.15) is 20.3 Å². The summed E-state index contributed by atoms with van der Waals surface area (Å²) in [6, 6.07) is 21.0. The van der Waals surface area contributed by atoms with Crippen LogP contribution in [0.2, 0.25) is 10.0 Å². The molecule has 2 unspecified atom stereocenters. The Hall–Kier alpha value is -5.19. The molecule has 0 bridgehead atoms. The molecule has 4 rings (SSSR count). The van der Waals surface area contributed by atoms with E-state index in [2.05, 4.69) is 35.8 Å². The van der Waals surface area contributed by atoms with Crippen molar-refractivity contribution in [3.63, 3.8) is 0 Å². The largest absolute Gasteiger partial charge is 0.324 e. The zero-order valence-corrected chi connectivity index (χ0v) is 32.1. The topological polar surface area (TPSA) is 191 Å². The van der Waals surface area contributed by atoms with E-state index in [9.17, 15) is 27.6 Å². The second kappa shape index (κ2) is 19.2. The summed E-state index contributed by atoms with van der Waals surface area (Å²) in [6.45, 7) is 3.44. The van der Waals surface area contributed by atoms with Crippen LogP contribution in [0.25, 0.3) is 11.1 Å². The first-order valence-electron chi connectivity index (χ1n) is 16.5. The summed E-state index contributed by atoms with van der Waals surface area (Å²) < 4.78 is 27.7. The highest BCUT2D eigenvalue weighted by molar-refractivity contribution is 7.89. The summed E-state index contributed by atoms with van der Waals surface area (Å²) in [5.74, 6) is -2.48. The maximum atomic E-state index is 13.0. The van der Waals surface area contributed by atoms with Crippen molar-refractivity contribution >= 4 is 79.4 Å². The highest BCUT2D eigenvalue weighted by Crippen LogP contribution is 2.35. The first-order valence-corrected chi connectivity index (χ1v) is 18.7. The molecule has 0 aliphatic carbocycles. The lowest BCUT2D eigenvalue weighted by Crippen LogP contribution is -2.31. The molecule has 0 radical (unpaired) electrons. The number of Topliss-reactive ketones (excluding diaryl/α,β-unsaturated/α-hetero) is 2. The number of azo groups is 2. The van der Waals surface area contributed by atoms with Gasteiger partial charge in [0.25, 0.3) is 11.8 Å². The number of rotatable bonds is 17. The molecule has 0 spiro atoms. The van der Waals surface area contributed by atoms with Crippen LogP contribution in [0.5, 0.6) is 0 Å². The van der Waals surface area contributed by atoms with E-state index in [4.69, 9.17) is 23.2 Å². The van der Waals surface area contributed by atoms with E-state index >= 15 is 0 Å². The van der Waals surface area contributed by atoms with Crippen molar-refractivity contribution in [2.24, 2.45) is 20.5 Å². The molecule has 4 aromatic rings. The zero-order valence-electron chi connectivity index (χ0n) is 29.8. The third-order valence-corrected chi connectivity index (χ3v) is 9.69. The third-order valence-electron chi connectivity index (χ3n) is 7.61. The van der Waals surface area contributed by atoms with Crippen LogP contribution in [-0.4, -0.2) is 76.0 Å². The lowest BCUT2D eigenvalue weighted by Gasteiger charge is -2.12. The molecule has 0 saturated carbocycles. The number of ketones is 2. The van der Waals surface area contributed by atoms with Crippen molar-refractivity contribution in [2.75, 3.05) is 37.8 Å². The van der Waals surface area contributed by atoms with Gasteiger partial charge in [-0.3, -0.25) is 19.2 Å². The van der Waals surface area contributed by atoms with Crippen molar-refractivity contribution in [3.8, 4) is 11.1 Å². The van der Waals surface area contributed by atoms with Crippen LogP contribution in [0, 0.1) is 0 Å². The molecule has 0 saturated heterocycles. The molecule has 0 aromatic heterocycles. The number of carbonyl (C=O) groups excluding carboxylic acids is 4. The minimum absolute atomic E-state index is 0.0263. The number of halogens is 2. The summed E-state index contributed by atoms with van der Waals surface area (Å²) in [6.07, 6.45) is 0.638. The molecule has 0 aliphatic rings. The Morgan fingerprint density at radius 3 is 1.57 bits per heavy atom. The SMILES string of the molecule is CC(=O)C(N=Nc1ccc(-c2ccc(N=NC(C(C)=O)C(=O)Nc3ccc(S(=O)(=O)NCCCN(C)C)cc3)c(Cl)c2)cc1Cl)C(=O)Nc1ccccc1. The van der Waals surface area contributed by atoms with E-state index in [1.165, 1.54) is 38.1 Å². The molecule has 17 heteroatoms. The Labute approximate surface area is 323 Å². The maximum absolute atomic E-state index is 13.0. The van der Waals surface area contributed by atoms with Crippen LogP contribution in [0.4, 0.5) is 22.7 Å². The van der Waals surface area contributed by atoms with Gasteiger partial charge in [-0.1, -0.05) is 53.5 Å². The van der Waals surface area contributed by atoms with Crippen LogP contribution in [0.3, 0.4) is 0 Å². The first-order chi connectivity index (χ1) is 25.6. The third kappa shape index (κ3) is 11.9. The standard InChI is InChI=1S/C37H38Cl2N8O6S/c1-23(48)34(36(50)41-27-9-6-5-7-10-27)45-43-32-17-11-25(21-30(32)38)26-12-18-33(31(39)22-26)44-46-35(24(2)49)37(51)42-28-13-15-29(16-14-28)54(52,53)40-19-8-20-47(3)4/h5-7,9-18,21-22,34-35,40H,8,19-20H2,1-4H3,(H,41,50)(H,42,51). The van der Waals surface area contributed by atoms with Gasteiger partial charge in [0.15, 0.2) is 11.6 Å². The lowest BCUT2D eigenvalue weighted by atomic mass is 10.0. The molecule has 4 aromatic carbocycles. The average molecular weight is 794 g/mol. The predicted molar refractivity (Wildman–Crippen MR) is 208 cm³/mol. The van der Waals surface area contributed by atoms with Crippen LogP contribution >= 0.6 is 23.2 Å². The summed E-state index contributed by atoms with van der Waals surface area (Å²) in [4.78, 5) is 52.1. The smallest absolute Gasteiger partial charge is 0.258 e. The molecular weight excluding hydrogens is 755 g/mol. The van der Waals surface area contributed by atoms with E-state index in [1.807, 2.05) is 19.0 Å². The minimum atomic E-state index is -3.74. The Bertz CT molecular complexity index is 2160. The molecule has 0 fully saturated rings. The normalized spacial score (nSPS) is 12.9. The molecule has 54 heavy (non-hydrogen) atoms. The van der Waals surface area contributed by atoms with Gasteiger partial charge in [-0.05, 0) is 113 Å². The second-order valence-electron chi connectivity index (χ2n) is 12.2. The predicted octanol–water partition coefficient (Wildman–Crippen LogP) is 7.25. The number of hydrogen-bond donors (Lipinski definition) is 3. The summed E-state index contributed by atoms with van der Waals surface area (Å²) >= 11 is 13.0. The number of benzene rings is 4. The highest BCUT2D eigenvalue weighted by atomic mass is 35.5. The number of sulfonamides is 1. The van der Waals surface area contributed by atoms with Crippen molar-refractivity contribution in [1.82, 2.24) is 9.62 Å². The molecule has 14 nitrogen and oxygen atoms in total. The second-order valence-corrected chi connectivity index (χ2v) is 14.8. The fraction of sp³-hybridized carbons (Fsp3) is 0.243. The number of nitrogens with one attached hydrogen (secondary N) is 3. The van der Waals surface area contributed by atoms with Gasteiger partial charge in [-0.25, -0.2) is 13.1 Å². The van der Waals surface area contributed by atoms with Gasteiger partial charge in [0.1, 0.15) is 11.4 Å². The van der Waals surface area contributed by atoms with Crippen molar-refractivity contribution in [2.45, 2.75) is 37.2 Å². The average Bonchev–Trinajstić information content (AvgIpc) is 3.11. The van der Waals surface area contributed by atoms with E-state index in [0.717, 1.165) is 6.54 Å². The van der Waals surface area contributed by atoms with E-state index in [1.54, 1.807) is 66.7 Å². The van der Waals surface area contributed by atoms with E-state index in [-0.39, 0.29) is 38.5 Å². The molecule has 282 valence electrons. The minimum Gasteiger partial charge on any atom is -0.324 e.